The Bertz CT molecular complexity index is 443. The summed E-state index contributed by atoms with van der Waals surface area (Å²) in [6.07, 6.45) is 5.26. The van der Waals surface area contributed by atoms with Crippen LogP contribution in [0.15, 0.2) is 24.3 Å². The van der Waals surface area contributed by atoms with Crippen LogP contribution in [0, 0.1) is 12.3 Å². The van der Waals surface area contributed by atoms with Crippen LogP contribution in [0.2, 0.25) is 0 Å². The molecule has 0 aliphatic carbocycles. The minimum atomic E-state index is 0.120. The normalized spacial score (nSPS) is 11.4. The fourth-order valence-corrected chi connectivity index (χ4v) is 1.67. The molecular formula is C17H26N2O. The van der Waals surface area contributed by atoms with Crippen LogP contribution in [-0.4, -0.2) is 37.2 Å². The first kappa shape index (κ1) is 16.6. The first-order chi connectivity index (χ1) is 9.40. The molecule has 0 fully saturated rings. The second kappa shape index (κ2) is 7.94. The van der Waals surface area contributed by atoms with Crippen molar-refractivity contribution in [2.45, 2.75) is 32.9 Å². The van der Waals surface area contributed by atoms with Gasteiger partial charge in [-0.2, -0.15) is 0 Å². The molecule has 0 aliphatic rings. The van der Waals surface area contributed by atoms with Crippen LogP contribution in [0.3, 0.4) is 0 Å². The van der Waals surface area contributed by atoms with Gasteiger partial charge in [0.05, 0.1) is 6.54 Å². The van der Waals surface area contributed by atoms with Gasteiger partial charge in [-0.1, -0.05) is 18.1 Å². The highest BCUT2D eigenvalue weighted by Gasteiger charge is 2.08. The molecule has 0 atom stereocenters. The van der Waals surface area contributed by atoms with Crippen molar-refractivity contribution in [1.29, 1.82) is 0 Å². The average molecular weight is 274 g/mol. The van der Waals surface area contributed by atoms with Crippen molar-refractivity contribution < 1.29 is 4.74 Å². The SMILES string of the molecule is C#CCN(C)CCOc1cccc(CNC(C)(C)C)c1. The molecule has 20 heavy (non-hydrogen) atoms. The van der Waals surface area contributed by atoms with E-state index in [1.54, 1.807) is 0 Å². The van der Waals surface area contributed by atoms with Crippen molar-refractivity contribution >= 4 is 0 Å². The molecule has 0 heterocycles. The van der Waals surface area contributed by atoms with Crippen molar-refractivity contribution in [1.82, 2.24) is 10.2 Å². The van der Waals surface area contributed by atoms with E-state index in [-0.39, 0.29) is 5.54 Å². The van der Waals surface area contributed by atoms with Crippen LogP contribution in [0.5, 0.6) is 5.75 Å². The molecular weight excluding hydrogens is 248 g/mol. The summed E-state index contributed by atoms with van der Waals surface area (Å²) in [6.45, 7) is 9.46. The number of hydrogen-bond acceptors (Lipinski definition) is 3. The van der Waals surface area contributed by atoms with Crippen LogP contribution in [0.1, 0.15) is 26.3 Å². The Morgan fingerprint density at radius 2 is 2.10 bits per heavy atom. The molecule has 1 aromatic rings. The van der Waals surface area contributed by atoms with E-state index >= 15 is 0 Å². The topological polar surface area (TPSA) is 24.5 Å². The molecule has 3 heteroatoms. The molecule has 3 nitrogen and oxygen atoms in total. The lowest BCUT2D eigenvalue weighted by Crippen LogP contribution is -2.35. The molecule has 0 aliphatic heterocycles. The highest BCUT2D eigenvalue weighted by molar-refractivity contribution is 5.28. The lowest BCUT2D eigenvalue weighted by atomic mass is 10.1. The highest BCUT2D eigenvalue weighted by Crippen LogP contribution is 2.14. The van der Waals surface area contributed by atoms with Gasteiger partial charge in [-0.15, -0.1) is 6.42 Å². The first-order valence-corrected chi connectivity index (χ1v) is 6.99. The minimum Gasteiger partial charge on any atom is -0.492 e. The van der Waals surface area contributed by atoms with E-state index in [2.05, 4.69) is 49.0 Å². The Morgan fingerprint density at radius 3 is 2.75 bits per heavy atom. The van der Waals surface area contributed by atoms with Gasteiger partial charge >= 0.3 is 0 Å². The second-order valence-corrected chi connectivity index (χ2v) is 6.04. The predicted octanol–water partition coefficient (Wildman–Crippen LogP) is 2.52. The van der Waals surface area contributed by atoms with Crippen LogP contribution < -0.4 is 10.1 Å². The van der Waals surface area contributed by atoms with E-state index < -0.39 is 0 Å². The molecule has 0 amide bonds. The van der Waals surface area contributed by atoms with Crippen LogP contribution in [-0.2, 0) is 6.54 Å². The Hall–Kier alpha value is -1.50. The first-order valence-electron chi connectivity index (χ1n) is 6.99. The molecule has 1 aromatic carbocycles. The van der Waals surface area contributed by atoms with Gasteiger partial charge < -0.3 is 10.1 Å². The summed E-state index contributed by atoms with van der Waals surface area (Å²) in [5.74, 6) is 3.53. The lowest BCUT2D eigenvalue weighted by Gasteiger charge is -2.20. The third kappa shape index (κ3) is 7.18. The van der Waals surface area contributed by atoms with Crippen molar-refractivity contribution in [2.24, 2.45) is 0 Å². The van der Waals surface area contributed by atoms with Crippen molar-refractivity contribution in [3.05, 3.63) is 29.8 Å². The molecule has 0 saturated heterocycles. The van der Waals surface area contributed by atoms with Gasteiger partial charge in [0.1, 0.15) is 12.4 Å². The molecule has 0 radical (unpaired) electrons. The fraction of sp³-hybridized carbons (Fsp3) is 0.529. The van der Waals surface area contributed by atoms with Crippen LogP contribution in [0.4, 0.5) is 0 Å². The number of nitrogens with zero attached hydrogens (tertiary/aromatic N) is 1. The Balaban J connectivity index is 2.42. The van der Waals surface area contributed by atoms with E-state index in [1.165, 1.54) is 5.56 Å². The maximum absolute atomic E-state index is 5.76. The number of nitrogens with one attached hydrogen (secondary N) is 1. The van der Waals surface area contributed by atoms with Crippen molar-refractivity contribution in [3.8, 4) is 18.1 Å². The van der Waals surface area contributed by atoms with Gasteiger partial charge in [0.15, 0.2) is 0 Å². The van der Waals surface area contributed by atoms with Gasteiger partial charge in [-0.05, 0) is 45.5 Å². The summed E-state index contributed by atoms with van der Waals surface area (Å²) < 4.78 is 5.76. The Labute approximate surface area is 123 Å². The van der Waals surface area contributed by atoms with Gasteiger partial charge in [-0.3, -0.25) is 4.90 Å². The lowest BCUT2D eigenvalue weighted by molar-refractivity contribution is 0.251. The van der Waals surface area contributed by atoms with E-state index in [9.17, 15) is 0 Å². The standard InChI is InChI=1S/C17H26N2O/c1-6-10-19(5)11-12-20-16-9-7-8-15(13-16)14-18-17(2,3)4/h1,7-9,13,18H,10-12,14H2,2-5H3. The second-order valence-electron chi connectivity index (χ2n) is 6.04. The van der Waals surface area contributed by atoms with Gasteiger partial charge in [0.25, 0.3) is 0 Å². The average Bonchev–Trinajstić information content (AvgIpc) is 2.36. The van der Waals surface area contributed by atoms with Crippen molar-refractivity contribution in [3.63, 3.8) is 0 Å². The zero-order valence-corrected chi connectivity index (χ0v) is 13.1. The number of ether oxygens (including phenoxy) is 1. The molecule has 0 bridgehead atoms. The zero-order valence-electron chi connectivity index (χ0n) is 13.1. The smallest absolute Gasteiger partial charge is 0.119 e. The molecule has 0 saturated carbocycles. The largest absolute Gasteiger partial charge is 0.492 e. The summed E-state index contributed by atoms with van der Waals surface area (Å²) in [6, 6.07) is 8.21. The number of hydrogen-bond donors (Lipinski definition) is 1. The molecule has 0 spiro atoms. The third-order valence-electron chi connectivity index (χ3n) is 2.82. The summed E-state index contributed by atoms with van der Waals surface area (Å²) >= 11 is 0. The van der Waals surface area contributed by atoms with E-state index in [1.807, 2.05) is 19.2 Å². The molecule has 1 rings (SSSR count). The number of likely N-dealkylation sites (N-methyl/N-ethyl adjacent to an activating group) is 1. The van der Waals surface area contributed by atoms with E-state index in [0.29, 0.717) is 13.2 Å². The number of terminal acetylenes is 1. The third-order valence-corrected chi connectivity index (χ3v) is 2.82. The summed E-state index contributed by atoms with van der Waals surface area (Å²) in [5.41, 5.74) is 1.35. The summed E-state index contributed by atoms with van der Waals surface area (Å²) in [5, 5.41) is 3.47. The summed E-state index contributed by atoms with van der Waals surface area (Å²) in [4.78, 5) is 2.06. The maximum atomic E-state index is 5.76. The molecule has 0 unspecified atom stereocenters. The predicted molar refractivity (Wildman–Crippen MR) is 84.9 cm³/mol. The number of rotatable bonds is 7. The Kier molecular flexibility index (Phi) is 6.57. The van der Waals surface area contributed by atoms with Gasteiger partial charge in [0, 0.05) is 18.6 Å². The van der Waals surface area contributed by atoms with Gasteiger partial charge in [0.2, 0.25) is 0 Å². The molecule has 110 valence electrons. The van der Waals surface area contributed by atoms with Crippen LogP contribution >= 0.6 is 0 Å². The summed E-state index contributed by atoms with van der Waals surface area (Å²) in [7, 11) is 1.99. The van der Waals surface area contributed by atoms with Crippen LogP contribution in [0.25, 0.3) is 0 Å². The molecule has 0 aromatic heterocycles. The monoisotopic (exact) mass is 274 g/mol. The van der Waals surface area contributed by atoms with Crippen molar-refractivity contribution in [2.75, 3.05) is 26.7 Å². The molecule has 1 N–H and O–H groups in total. The number of benzene rings is 1. The maximum Gasteiger partial charge on any atom is 0.119 e. The quantitative estimate of drug-likeness (QED) is 0.773. The minimum absolute atomic E-state index is 0.120. The Morgan fingerprint density at radius 1 is 1.35 bits per heavy atom. The zero-order chi connectivity index (χ0) is 15.0. The van der Waals surface area contributed by atoms with E-state index in [4.69, 9.17) is 11.2 Å². The van der Waals surface area contributed by atoms with E-state index in [0.717, 1.165) is 18.8 Å². The van der Waals surface area contributed by atoms with Gasteiger partial charge in [-0.25, -0.2) is 0 Å². The highest BCUT2D eigenvalue weighted by atomic mass is 16.5. The fourth-order valence-electron chi connectivity index (χ4n) is 1.67.